The lowest BCUT2D eigenvalue weighted by Gasteiger charge is -2.26. The SMILES string of the molecule is CCOC(=O)/C=C/C(=O)N1CCc2c(sc3ncnc(N[C@H](CC)c4ccccc4)c23)C1. The van der Waals surface area contributed by atoms with Crippen molar-refractivity contribution in [2.75, 3.05) is 18.5 Å². The predicted molar refractivity (Wildman–Crippen MR) is 125 cm³/mol. The zero-order valence-electron chi connectivity index (χ0n) is 18.2. The molecule has 3 heterocycles. The topological polar surface area (TPSA) is 84.4 Å². The third-order valence-corrected chi connectivity index (χ3v) is 6.64. The molecule has 0 fully saturated rings. The Labute approximate surface area is 191 Å². The van der Waals surface area contributed by atoms with E-state index >= 15 is 0 Å². The molecule has 7 nitrogen and oxygen atoms in total. The Morgan fingerprint density at radius 2 is 2.03 bits per heavy atom. The first-order valence-electron chi connectivity index (χ1n) is 10.8. The van der Waals surface area contributed by atoms with Crippen molar-refractivity contribution in [2.45, 2.75) is 39.3 Å². The van der Waals surface area contributed by atoms with Crippen LogP contribution in [0, 0.1) is 0 Å². The van der Waals surface area contributed by atoms with E-state index in [0.29, 0.717) is 13.1 Å². The number of carbonyl (C=O) groups is 2. The van der Waals surface area contributed by atoms with Crippen LogP contribution < -0.4 is 5.32 Å². The monoisotopic (exact) mass is 450 g/mol. The lowest BCUT2D eigenvalue weighted by Crippen LogP contribution is -2.34. The molecule has 0 bridgehead atoms. The van der Waals surface area contributed by atoms with E-state index in [1.165, 1.54) is 23.3 Å². The number of esters is 1. The molecule has 0 spiro atoms. The molecule has 166 valence electrons. The van der Waals surface area contributed by atoms with Gasteiger partial charge in [0.1, 0.15) is 17.0 Å². The molecule has 1 aromatic carbocycles. The van der Waals surface area contributed by atoms with Gasteiger partial charge in [-0.3, -0.25) is 4.79 Å². The Balaban J connectivity index is 1.57. The highest BCUT2D eigenvalue weighted by atomic mass is 32.1. The van der Waals surface area contributed by atoms with Crippen LogP contribution in [0.25, 0.3) is 10.2 Å². The maximum Gasteiger partial charge on any atom is 0.330 e. The number of thiophene rings is 1. The molecule has 1 aliphatic heterocycles. The molecule has 2 aromatic heterocycles. The number of amides is 1. The number of anilines is 1. The third-order valence-electron chi connectivity index (χ3n) is 5.52. The van der Waals surface area contributed by atoms with E-state index in [2.05, 4.69) is 34.3 Å². The average molecular weight is 451 g/mol. The van der Waals surface area contributed by atoms with Gasteiger partial charge in [-0.1, -0.05) is 37.3 Å². The third kappa shape index (κ3) is 4.65. The van der Waals surface area contributed by atoms with Crippen LogP contribution in [0.4, 0.5) is 5.82 Å². The molecule has 4 rings (SSSR count). The van der Waals surface area contributed by atoms with Gasteiger partial charge in [-0.25, -0.2) is 14.8 Å². The van der Waals surface area contributed by atoms with Crippen molar-refractivity contribution in [3.8, 4) is 0 Å². The summed E-state index contributed by atoms with van der Waals surface area (Å²) in [7, 11) is 0. The van der Waals surface area contributed by atoms with Crippen LogP contribution in [0.2, 0.25) is 0 Å². The number of aromatic nitrogens is 2. The summed E-state index contributed by atoms with van der Waals surface area (Å²) in [6.45, 7) is 5.24. The molecular weight excluding hydrogens is 424 g/mol. The molecule has 1 amide bonds. The zero-order valence-corrected chi connectivity index (χ0v) is 19.0. The van der Waals surface area contributed by atoms with Gasteiger partial charge in [-0.2, -0.15) is 0 Å². The number of hydrogen-bond acceptors (Lipinski definition) is 7. The van der Waals surface area contributed by atoms with Gasteiger partial charge >= 0.3 is 5.97 Å². The summed E-state index contributed by atoms with van der Waals surface area (Å²) in [6.07, 6.45) is 5.72. The largest absolute Gasteiger partial charge is 0.463 e. The molecule has 1 aliphatic rings. The van der Waals surface area contributed by atoms with Gasteiger partial charge in [0.25, 0.3) is 0 Å². The van der Waals surface area contributed by atoms with Gasteiger partial charge in [0.15, 0.2) is 0 Å². The summed E-state index contributed by atoms with van der Waals surface area (Å²) < 4.78 is 4.85. The van der Waals surface area contributed by atoms with Crippen molar-refractivity contribution in [3.63, 3.8) is 0 Å². The molecule has 1 atom stereocenters. The van der Waals surface area contributed by atoms with Crippen molar-refractivity contribution >= 4 is 39.2 Å². The minimum Gasteiger partial charge on any atom is -0.463 e. The van der Waals surface area contributed by atoms with Crippen LogP contribution in [0.5, 0.6) is 0 Å². The molecular formula is C24H26N4O3S. The van der Waals surface area contributed by atoms with Gasteiger partial charge in [-0.05, 0) is 30.9 Å². The van der Waals surface area contributed by atoms with E-state index in [1.54, 1.807) is 29.5 Å². The van der Waals surface area contributed by atoms with Crippen molar-refractivity contribution in [2.24, 2.45) is 0 Å². The van der Waals surface area contributed by atoms with Crippen molar-refractivity contribution in [1.82, 2.24) is 14.9 Å². The Hall–Kier alpha value is -3.26. The number of hydrogen-bond donors (Lipinski definition) is 1. The van der Waals surface area contributed by atoms with Crippen molar-refractivity contribution in [1.29, 1.82) is 0 Å². The van der Waals surface area contributed by atoms with Crippen LogP contribution in [-0.4, -0.2) is 39.9 Å². The van der Waals surface area contributed by atoms with Crippen LogP contribution >= 0.6 is 11.3 Å². The normalized spacial score (nSPS) is 14.4. The van der Waals surface area contributed by atoms with Crippen molar-refractivity contribution in [3.05, 3.63) is 64.8 Å². The molecule has 0 radical (unpaired) electrons. The Morgan fingerprint density at radius 3 is 2.78 bits per heavy atom. The van der Waals surface area contributed by atoms with Gasteiger partial charge < -0.3 is 15.0 Å². The first kappa shape index (κ1) is 22.0. The van der Waals surface area contributed by atoms with Crippen LogP contribution in [0.1, 0.15) is 42.3 Å². The van der Waals surface area contributed by atoms with Gasteiger partial charge in [0.2, 0.25) is 5.91 Å². The predicted octanol–water partition coefficient (Wildman–Crippen LogP) is 4.26. The Bertz CT molecular complexity index is 1140. The van der Waals surface area contributed by atoms with E-state index in [-0.39, 0.29) is 18.6 Å². The number of benzene rings is 1. The molecule has 0 aliphatic carbocycles. The number of nitrogens with one attached hydrogen (secondary N) is 1. The molecule has 0 unspecified atom stereocenters. The number of carbonyl (C=O) groups excluding carboxylic acids is 2. The first-order valence-corrected chi connectivity index (χ1v) is 11.6. The molecule has 32 heavy (non-hydrogen) atoms. The number of rotatable bonds is 7. The summed E-state index contributed by atoms with van der Waals surface area (Å²) in [4.78, 5) is 36.9. The standard InChI is InChI=1S/C24H26N4O3S/c1-3-18(16-8-6-5-7-9-16)27-23-22-17-12-13-28(20(29)10-11-21(30)31-4-2)14-19(17)32-24(22)26-15-25-23/h5-11,15,18H,3-4,12-14H2,1-2H3,(H,25,26,27)/b11-10+/t18-/m1/s1. The average Bonchev–Trinajstić information content (AvgIpc) is 3.20. The number of nitrogens with zero attached hydrogens (tertiary/aromatic N) is 3. The van der Waals surface area contributed by atoms with E-state index in [1.807, 2.05) is 18.2 Å². The molecule has 3 aromatic rings. The zero-order chi connectivity index (χ0) is 22.5. The van der Waals surface area contributed by atoms with Gasteiger partial charge in [0, 0.05) is 23.6 Å². The van der Waals surface area contributed by atoms with Gasteiger partial charge in [-0.15, -0.1) is 11.3 Å². The highest BCUT2D eigenvalue weighted by Crippen LogP contribution is 2.38. The minimum atomic E-state index is -0.504. The lowest BCUT2D eigenvalue weighted by molar-refractivity contribution is -0.137. The highest BCUT2D eigenvalue weighted by molar-refractivity contribution is 7.19. The lowest BCUT2D eigenvalue weighted by atomic mass is 10.0. The number of fused-ring (bicyclic) bond motifs is 3. The Morgan fingerprint density at radius 1 is 1.22 bits per heavy atom. The summed E-state index contributed by atoms with van der Waals surface area (Å²) in [6, 6.07) is 10.5. The Kier molecular flexibility index (Phi) is 6.80. The molecule has 1 N–H and O–H groups in total. The van der Waals surface area contributed by atoms with Gasteiger partial charge in [0.05, 0.1) is 24.6 Å². The number of ether oxygens (including phenoxy) is 1. The highest BCUT2D eigenvalue weighted by Gasteiger charge is 2.26. The summed E-state index contributed by atoms with van der Waals surface area (Å²) in [5.74, 6) is 0.140. The second-order valence-electron chi connectivity index (χ2n) is 7.52. The minimum absolute atomic E-state index is 0.152. The van der Waals surface area contributed by atoms with E-state index in [0.717, 1.165) is 33.8 Å². The smallest absolute Gasteiger partial charge is 0.330 e. The second kappa shape index (κ2) is 9.91. The quantitative estimate of drug-likeness (QED) is 0.428. The van der Waals surface area contributed by atoms with Crippen LogP contribution in [0.3, 0.4) is 0 Å². The van der Waals surface area contributed by atoms with E-state index in [4.69, 9.17) is 4.74 Å². The maximum atomic E-state index is 12.5. The van der Waals surface area contributed by atoms with E-state index < -0.39 is 5.97 Å². The molecule has 0 saturated heterocycles. The molecule has 8 heteroatoms. The first-order chi connectivity index (χ1) is 15.6. The summed E-state index contributed by atoms with van der Waals surface area (Å²) >= 11 is 1.60. The summed E-state index contributed by atoms with van der Waals surface area (Å²) in [5.41, 5.74) is 2.42. The fraction of sp³-hybridized carbons (Fsp3) is 0.333. The van der Waals surface area contributed by atoms with Crippen molar-refractivity contribution < 1.29 is 14.3 Å². The van der Waals surface area contributed by atoms with Crippen LogP contribution in [-0.2, 0) is 27.3 Å². The fourth-order valence-corrected chi connectivity index (χ4v) is 5.13. The molecule has 0 saturated carbocycles. The second-order valence-corrected chi connectivity index (χ2v) is 8.60. The maximum absolute atomic E-state index is 12.5. The fourth-order valence-electron chi connectivity index (χ4n) is 3.93. The van der Waals surface area contributed by atoms with E-state index in [9.17, 15) is 9.59 Å². The summed E-state index contributed by atoms with van der Waals surface area (Å²) in [5, 5.41) is 4.67. The van der Waals surface area contributed by atoms with Crippen LogP contribution in [0.15, 0.2) is 48.8 Å².